The van der Waals surface area contributed by atoms with Gasteiger partial charge >= 0.3 is 0 Å². The molecule has 6 nitrogen and oxygen atoms in total. The largest absolute Gasteiger partial charge is 0.370 e. The Kier molecular flexibility index (Phi) is 7.97. The number of nitrogens with zero attached hydrogens (tertiary/aromatic N) is 4. The van der Waals surface area contributed by atoms with E-state index in [2.05, 4.69) is 58.0 Å². The minimum atomic E-state index is 0.451. The summed E-state index contributed by atoms with van der Waals surface area (Å²) in [6, 6.07) is 8.23. The molecule has 2 aromatic rings. The molecule has 0 aliphatic carbocycles. The fraction of sp³-hybridized carbons (Fsp3) is 0.526. The van der Waals surface area contributed by atoms with E-state index in [1.54, 1.807) is 11.8 Å². The van der Waals surface area contributed by atoms with Crippen LogP contribution in [0.1, 0.15) is 38.6 Å². The molecule has 0 saturated carbocycles. The van der Waals surface area contributed by atoms with Crippen molar-refractivity contribution in [3.8, 4) is 0 Å². The minimum absolute atomic E-state index is 0.451. The lowest BCUT2D eigenvalue weighted by Gasteiger charge is -2.11. The van der Waals surface area contributed by atoms with Crippen LogP contribution in [-0.4, -0.2) is 33.5 Å². The van der Waals surface area contributed by atoms with Gasteiger partial charge in [-0.3, -0.25) is 4.99 Å². The van der Waals surface area contributed by atoms with Crippen LogP contribution in [0.25, 0.3) is 0 Å². The summed E-state index contributed by atoms with van der Waals surface area (Å²) in [5.41, 5.74) is 8.25. The first kappa shape index (κ1) is 20.3. The molecule has 0 aliphatic heterocycles. The Bertz CT molecular complexity index is 723. The Balaban J connectivity index is 1.87. The zero-order valence-electron chi connectivity index (χ0n) is 16.2. The summed E-state index contributed by atoms with van der Waals surface area (Å²) >= 11 is 1.64. The van der Waals surface area contributed by atoms with Crippen LogP contribution in [-0.2, 0) is 19.4 Å². The summed E-state index contributed by atoms with van der Waals surface area (Å²) < 4.78 is 2.22. The smallest absolute Gasteiger partial charge is 0.193 e. The van der Waals surface area contributed by atoms with Crippen LogP contribution in [0, 0.1) is 5.92 Å². The third-order valence-electron chi connectivity index (χ3n) is 3.97. The topological polar surface area (TPSA) is 81.1 Å². The second-order valence-electron chi connectivity index (χ2n) is 6.66. The summed E-state index contributed by atoms with van der Waals surface area (Å²) in [4.78, 5) is 4.43. The molecule has 1 aromatic carbocycles. The summed E-state index contributed by atoms with van der Waals surface area (Å²) in [6.45, 7) is 8.15. The van der Waals surface area contributed by atoms with Gasteiger partial charge < -0.3 is 15.6 Å². The van der Waals surface area contributed by atoms with E-state index in [1.165, 1.54) is 5.56 Å². The summed E-state index contributed by atoms with van der Waals surface area (Å²) in [5.74, 6) is 2.04. The number of aliphatic imine (C=N–C) groups is 1. The fourth-order valence-corrected chi connectivity index (χ4v) is 3.22. The average molecular weight is 375 g/mol. The van der Waals surface area contributed by atoms with Crippen LogP contribution in [0.15, 0.2) is 34.4 Å². The van der Waals surface area contributed by atoms with Gasteiger partial charge in [0, 0.05) is 25.2 Å². The third-order valence-corrected chi connectivity index (χ3v) is 4.64. The molecular weight excluding hydrogens is 344 g/mol. The van der Waals surface area contributed by atoms with Gasteiger partial charge in [-0.2, -0.15) is 0 Å². The standard InChI is InChI=1S/C19H30N6S/c1-5-15-8-6-9-16(12-15)22-18(20)21-11-7-10-17-23-24-19(26-4)25(17)13-14(2)3/h6,8-9,12,14H,5,7,10-11,13H2,1-4H3,(H3,20,21,22). The monoisotopic (exact) mass is 374 g/mol. The molecule has 1 aromatic heterocycles. The molecule has 1 heterocycles. The van der Waals surface area contributed by atoms with E-state index in [1.807, 2.05) is 18.4 Å². The maximum Gasteiger partial charge on any atom is 0.193 e. The first-order chi connectivity index (χ1) is 12.5. The number of benzene rings is 1. The van der Waals surface area contributed by atoms with Crippen LogP contribution in [0.2, 0.25) is 0 Å². The highest BCUT2D eigenvalue weighted by molar-refractivity contribution is 7.98. The number of aryl methyl sites for hydroxylation is 2. The maximum absolute atomic E-state index is 6.00. The second-order valence-corrected chi connectivity index (χ2v) is 7.43. The van der Waals surface area contributed by atoms with Gasteiger partial charge in [0.2, 0.25) is 0 Å². The molecule has 142 valence electrons. The normalized spacial score (nSPS) is 12.0. The molecule has 0 radical (unpaired) electrons. The predicted octanol–water partition coefficient (Wildman–Crippen LogP) is 3.58. The van der Waals surface area contributed by atoms with Gasteiger partial charge in [-0.1, -0.05) is 44.7 Å². The molecular formula is C19H30N6S. The molecule has 2 rings (SSSR count). The van der Waals surface area contributed by atoms with Crippen molar-refractivity contribution >= 4 is 23.4 Å². The Morgan fingerprint density at radius 1 is 1.35 bits per heavy atom. The second kappa shape index (κ2) is 10.2. The van der Waals surface area contributed by atoms with Gasteiger partial charge in [-0.25, -0.2) is 0 Å². The summed E-state index contributed by atoms with van der Waals surface area (Å²) in [7, 11) is 0. The van der Waals surface area contributed by atoms with Crippen molar-refractivity contribution in [3.05, 3.63) is 35.7 Å². The minimum Gasteiger partial charge on any atom is -0.370 e. The Morgan fingerprint density at radius 2 is 2.15 bits per heavy atom. The van der Waals surface area contributed by atoms with Gasteiger partial charge in [0.05, 0.1) is 0 Å². The quantitative estimate of drug-likeness (QED) is 0.303. The maximum atomic E-state index is 6.00. The van der Waals surface area contributed by atoms with Crippen molar-refractivity contribution < 1.29 is 0 Å². The van der Waals surface area contributed by atoms with E-state index in [0.29, 0.717) is 18.4 Å². The summed E-state index contributed by atoms with van der Waals surface area (Å²) in [5, 5.41) is 12.8. The van der Waals surface area contributed by atoms with Gasteiger partial charge in [0.15, 0.2) is 11.1 Å². The first-order valence-electron chi connectivity index (χ1n) is 9.15. The lowest BCUT2D eigenvalue weighted by Crippen LogP contribution is -2.23. The number of hydrogen-bond donors (Lipinski definition) is 2. The van der Waals surface area contributed by atoms with E-state index < -0.39 is 0 Å². The van der Waals surface area contributed by atoms with E-state index in [-0.39, 0.29) is 0 Å². The molecule has 26 heavy (non-hydrogen) atoms. The molecule has 0 bridgehead atoms. The number of nitrogens with one attached hydrogen (secondary N) is 1. The van der Waals surface area contributed by atoms with Gasteiger partial charge in [0.1, 0.15) is 5.82 Å². The highest BCUT2D eigenvalue weighted by Crippen LogP contribution is 2.17. The third kappa shape index (κ3) is 6.05. The van der Waals surface area contributed by atoms with Crippen molar-refractivity contribution in [2.45, 2.75) is 51.7 Å². The lowest BCUT2D eigenvalue weighted by atomic mass is 10.1. The Morgan fingerprint density at radius 3 is 2.85 bits per heavy atom. The Labute approximate surface area is 160 Å². The number of thioether (sulfide) groups is 1. The van der Waals surface area contributed by atoms with E-state index in [9.17, 15) is 0 Å². The zero-order valence-corrected chi connectivity index (χ0v) is 17.0. The van der Waals surface area contributed by atoms with Gasteiger partial charge in [-0.05, 0) is 42.7 Å². The van der Waals surface area contributed by atoms with E-state index in [4.69, 9.17) is 5.73 Å². The van der Waals surface area contributed by atoms with Crippen molar-refractivity contribution in [1.29, 1.82) is 0 Å². The van der Waals surface area contributed by atoms with Crippen molar-refractivity contribution in [2.75, 3.05) is 18.1 Å². The van der Waals surface area contributed by atoms with E-state index in [0.717, 1.165) is 42.5 Å². The molecule has 0 saturated heterocycles. The van der Waals surface area contributed by atoms with Crippen LogP contribution in [0.4, 0.5) is 5.69 Å². The summed E-state index contributed by atoms with van der Waals surface area (Å²) in [6.07, 6.45) is 4.78. The van der Waals surface area contributed by atoms with Gasteiger partial charge in [0.25, 0.3) is 0 Å². The molecule has 0 fully saturated rings. The van der Waals surface area contributed by atoms with Crippen LogP contribution in [0.3, 0.4) is 0 Å². The SMILES string of the molecule is CCc1cccc(NC(N)=NCCCc2nnc(SC)n2CC(C)C)c1. The highest BCUT2D eigenvalue weighted by Gasteiger charge is 2.12. The average Bonchev–Trinajstić information content (AvgIpc) is 3.00. The number of guanidine groups is 1. The molecule has 0 unspecified atom stereocenters. The van der Waals surface area contributed by atoms with Crippen molar-refractivity contribution in [1.82, 2.24) is 14.8 Å². The fourth-order valence-electron chi connectivity index (χ4n) is 2.70. The van der Waals surface area contributed by atoms with Crippen LogP contribution in [0.5, 0.6) is 0 Å². The number of hydrogen-bond acceptors (Lipinski definition) is 4. The van der Waals surface area contributed by atoms with Crippen LogP contribution < -0.4 is 11.1 Å². The van der Waals surface area contributed by atoms with Crippen molar-refractivity contribution in [2.24, 2.45) is 16.6 Å². The molecule has 0 amide bonds. The first-order valence-corrected chi connectivity index (χ1v) is 10.4. The number of rotatable bonds is 9. The molecule has 0 aliphatic rings. The van der Waals surface area contributed by atoms with Gasteiger partial charge in [-0.15, -0.1) is 10.2 Å². The van der Waals surface area contributed by atoms with Crippen molar-refractivity contribution in [3.63, 3.8) is 0 Å². The highest BCUT2D eigenvalue weighted by atomic mass is 32.2. The molecule has 0 spiro atoms. The number of nitrogens with two attached hydrogens (primary N) is 1. The predicted molar refractivity (Wildman–Crippen MR) is 111 cm³/mol. The molecule has 3 N–H and O–H groups in total. The number of anilines is 1. The molecule has 7 heteroatoms. The Hall–Kier alpha value is -2.02. The van der Waals surface area contributed by atoms with E-state index >= 15 is 0 Å². The lowest BCUT2D eigenvalue weighted by molar-refractivity contribution is 0.477. The van der Waals surface area contributed by atoms with Crippen LogP contribution >= 0.6 is 11.8 Å². The zero-order chi connectivity index (χ0) is 18.9. The molecule has 0 atom stereocenters. The number of aromatic nitrogens is 3.